The zero-order valence-electron chi connectivity index (χ0n) is 11.5. The average Bonchev–Trinajstić information content (AvgIpc) is 2.46. The van der Waals surface area contributed by atoms with Crippen LogP contribution in [0.5, 0.6) is 5.75 Å². The van der Waals surface area contributed by atoms with Gasteiger partial charge in [-0.15, -0.1) is 0 Å². The highest BCUT2D eigenvalue weighted by Crippen LogP contribution is 2.26. The second kappa shape index (κ2) is 6.49. The molecule has 0 radical (unpaired) electrons. The van der Waals surface area contributed by atoms with Gasteiger partial charge < -0.3 is 21.5 Å². The third kappa shape index (κ3) is 3.66. The largest absolute Gasteiger partial charge is 0.496 e. The molecule has 0 atom stereocenters. The van der Waals surface area contributed by atoms with E-state index in [1.165, 1.54) is 0 Å². The molecule has 0 spiro atoms. The molecular formula is C15H16BrN3O2. The predicted molar refractivity (Wildman–Crippen MR) is 87.4 cm³/mol. The molecule has 0 aliphatic rings. The molecular weight excluding hydrogens is 334 g/mol. The Hall–Kier alpha value is -2.21. The molecule has 0 saturated carbocycles. The van der Waals surface area contributed by atoms with E-state index in [-0.39, 0.29) is 0 Å². The summed E-state index contributed by atoms with van der Waals surface area (Å²) in [5, 5.41) is 3.26. The van der Waals surface area contributed by atoms with Crippen molar-refractivity contribution in [1.82, 2.24) is 0 Å². The number of rotatable bonds is 5. The van der Waals surface area contributed by atoms with Crippen molar-refractivity contribution in [3.8, 4) is 5.75 Å². The molecule has 5 nitrogen and oxygen atoms in total. The molecule has 0 fully saturated rings. The normalized spacial score (nSPS) is 10.2. The van der Waals surface area contributed by atoms with Crippen molar-refractivity contribution in [1.29, 1.82) is 0 Å². The molecule has 0 bridgehead atoms. The lowest BCUT2D eigenvalue weighted by atomic mass is 10.1. The van der Waals surface area contributed by atoms with Gasteiger partial charge in [0.05, 0.1) is 7.11 Å². The van der Waals surface area contributed by atoms with Gasteiger partial charge in [-0.1, -0.05) is 0 Å². The fourth-order valence-corrected chi connectivity index (χ4v) is 2.46. The van der Waals surface area contributed by atoms with E-state index in [9.17, 15) is 4.79 Å². The molecule has 110 valence electrons. The van der Waals surface area contributed by atoms with E-state index in [0.717, 1.165) is 21.5 Å². The second-order valence-electron chi connectivity index (χ2n) is 4.48. The van der Waals surface area contributed by atoms with Crippen LogP contribution in [0.3, 0.4) is 0 Å². The highest BCUT2D eigenvalue weighted by molar-refractivity contribution is 9.10. The van der Waals surface area contributed by atoms with Gasteiger partial charge in [-0.2, -0.15) is 0 Å². The van der Waals surface area contributed by atoms with E-state index in [0.29, 0.717) is 17.8 Å². The molecule has 0 aliphatic carbocycles. The van der Waals surface area contributed by atoms with Crippen LogP contribution in [0.2, 0.25) is 0 Å². The highest BCUT2D eigenvalue weighted by Gasteiger charge is 2.07. The van der Waals surface area contributed by atoms with Crippen molar-refractivity contribution in [2.75, 3.05) is 18.2 Å². The molecule has 21 heavy (non-hydrogen) atoms. The zero-order chi connectivity index (χ0) is 15.4. The molecule has 2 rings (SSSR count). The van der Waals surface area contributed by atoms with Crippen molar-refractivity contribution in [2.24, 2.45) is 5.73 Å². The number of hydrogen-bond acceptors (Lipinski definition) is 4. The molecule has 5 N–H and O–H groups in total. The number of halogens is 1. The summed E-state index contributed by atoms with van der Waals surface area (Å²) in [6.45, 7) is 0.544. The van der Waals surface area contributed by atoms with Crippen LogP contribution in [-0.4, -0.2) is 13.0 Å². The molecule has 0 saturated heterocycles. The first-order chi connectivity index (χ1) is 10.0. The van der Waals surface area contributed by atoms with E-state index in [4.69, 9.17) is 16.2 Å². The van der Waals surface area contributed by atoms with Crippen molar-refractivity contribution in [3.63, 3.8) is 0 Å². The molecule has 2 aromatic rings. The summed E-state index contributed by atoms with van der Waals surface area (Å²) in [5.74, 6) is 0.307. The number of ether oxygens (including phenoxy) is 1. The molecule has 1 amide bonds. The van der Waals surface area contributed by atoms with Crippen LogP contribution >= 0.6 is 15.9 Å². The Kier molecular flexibility index (Phi) is 4.70. The van der Waals surface area contributed by atoms with Crippen LogP contribution in [-0.2, 0) is 6.54 Å². The Balaban J connectivity index is 2.17. The third-order valence-corrected chi connectivity index (χ3v) is 3.68. The lowest BCUT2D eigenvalue weighted by molar-refractivity contribution is 0.100. The number of nitrogen functional groups attached to an aromatic ring is 1. The van der Waals surface area contributed by atoms with Gasteiger partial charge in [0.1, 0.15) is 5.75 Å². The summed E-state index contributed by atoms with van der Waals surface area (Å²) in [6.07, 6.45) is 0. The SMILES string of the molecule is COc1ccc(N)cc1CNc1ccc(C(N)=O)cc1Br. The molecule has 2 aromatic carbocycles. The Labute approximate surface area is 131 Å². The Morgan fingerprint density at radius 1 is 1.29 bits per heavy atom. The van der Waals surface area contributed by atoms with Gasteiger partial charge in [0.2, 0.25) is 5.91 Å². The second-order valence-corrected chi connectivity index (χ2v) is 5.34. The molecule has 6 heteroatoms. The zero-order valence-corrected chi connectivity index (χ0v) is 13.1. The van der Waals surface area contributed by atoms with Gasteiger partial charge in [-0.25, -0.2) is 0 Å². The maximum atomic E-state index is 11.1. The summed E-state index contributed by atoms with van der Waals surface area (Å²) in [7, 11) is 1.62. The van der Waals surface area contributed by atoms with Crippen LogP contribution in [0, 0.1) is 0 Å². The van der Waals surface area contributed by atoms with E-state index in [2.05, 4.69) is 21.2 Å². The summed E-state index contributed by atoms with van der Waals surface area (Å²) in [6, 6.07) is 10.6. The fourth-order valence-electron chi connectivity index (χ4n) is 1.94. The van der Waals surface area contributed by atoms with Gasteiger partial charge in [0.25, 0.3) is 0 Å². The molecule has 0 unspecified atom stereocenters. The van der Waals surface area contributed by atoms with Gasteiger partial charge in [-0.05, 0) is 52.3 Å². The lowest BCUT2D eigenvalue weighted by Gasteiger charge is -2.13. The van der Waals surface area contributed by atoms with Crippen molar-refractivity contribution in [2.45, 2.75) is 6.54 Å². The number of nitrogens with one attached hydrogen (secondary N) is 1. The Morgan fingerprint density at radius 3 is 2.67 bits per heavy atom. The van der Waals surface area contributed by atoms with Crippen molar-refractivity contribution in [3.05, 3.63) is 52.0 Å². The number of carbonyl (C=O) groups excluding carboxylic acids is 1. The Bertz CT molecular complexity index is 674. The number of benzene rings is 2. The van der Waals surface area contributed by atoms with Crippen molar-refractivity contribution >= 4 is 33.2 Å². The first kappa shape index (κ1) is 15.2. The third-order valence-electron chi connectivity index (χ3n) is 3.03. The first-order valence-electron chi connectivity index (χ1n) is 6.27. The number of carbonyl (C=O) groups is 1. The first-order valence-corrected chi connectivity index (χ1v) is 7.06. The minimum Gasteiger partial charge on any atom is -0.496 e. The summed E-state index contributed by atoms with van der Waals surface area (Å²) in [4.78, 5) is 11.1. The van der Waals surface area contributed by atoms with Gasteiger partial charge in [-0.3, -0.25) is 4.79 Å². The molecule has 0 aliphatic heterocycles. The number of hydrogen-bond donors (Lipinski definition) is 3. The quantitative estimate of drug-likeness (QED) is 0.724. The standard InChI is InChI=1S/C15H16BrN3O2/c1-21-14-5-3-11(17)6-10(14)8-19-13-4-2-9(15(18)20)7-12(13)16/h2-7,19H,8,17H2,1H3,(H2,18,20). The molecule has 0 aromatic heterocycles. The lowest BCUT2D eigenvalue weighted by Crippen LogP contribution is -2.11. The van der Waals surface area contributed by atoms with Crippen LogP contribution in [0.4, 0.5) is 11.4 Å². The van der Waals surface area contributed by atoms with Crippen LogP contribution in [0.1, 0.15) is 15.9 Å². The molecule has 0 heterocycles. The van der Waals surface area contributed by atoms with Crippen LogP contribution in [0.25, 0.3) is 0 Å². The summed E-state index contributed by atoms with van der Waals surface area (Å²) in [5.41, 5.74) is 14.0. The number of methoxy groups -OCH3 is 1. The minimum atomic E-state index is -0.459. The van der Waals surface area contributed by atoms with Gasteiger partial charge in [0.15, 0.2) is 0 Å². The number of amides is 1. The van der Waals surface area contributed by atoms with Gasteiger partial charge >= 0.3 is 0 Å². The average molecular weight is 350 g/mol. The number of primary amides is 1. The van der Waals surface area contributed by atoms with E-state index >= 15 is 0 Å². The minimum absolute atomic E-state index is 0.453. The summed E-state index contributed by atoms with van der Waals surface area (Å²) < 4.78 is 6.07. The number of nitrogens with two attached hydrogens (primary N) is 2. The van der Waals surface area contributed by atoms with Crippen LogP contribution in [0.15, 0.2) is 40.9 Å². The van der Waals surface area contributed by atoms with E-state index < -0.39 is 5.91 Å². The maximum Gasteiger partial charge on any atom is 0.248 e. The smallest absolute Gasteiger partial charge is 0.248 e. The topological polar surface area (TPSA) is 90.4 Å². The van der Waals surface area contributed by atoms with Gasteiger partial charge in [0, 0.05) is 33.5 Å². The fraction of sp³-hybridized carbons (Fsp3) is 0.133. The van der Waals surface area contributed by atoms with E-state index in [1.807, 2.05) is 12.1 Å². The predicted octanol–water partition coefficient (Wildman–Crippen LogP) is 2.75. The summed E-state index contributed by atoms with van der Waals surface area (Å²) >= 11 is 3.41. The van der Waals surface area contributed by atoms with Crippen molar-refractivity contribution < 1.29 is 9.53 Å². The van der Waals surface area contributed by atoms with Crippen LogP contribution < -0.4 is 21.5 Å². The monoisotopic (exact) mass is 349 g/mol. The van der Waals surface area contributed by atoms with E-state index in [1.54, 1.807) is 31.4 Å². The number of anilines is 2. The highest BCUT2D eigenvalue weighted by atomic mass is 79.9. The maximum absolute atomic E-state index is 11.1. The Morgan fingerprint density at radius 2 is 2.05 bits per heavy atom.